The van der Waals surface area contributed by atoms with Gasteiger partial charge < -0.3 is 9.72 Å². The van der Waals surface area contributed by atoms with Crippen LogP contribution in [0, 0.1) is 0 Å². The second-order valence-corrected chi connectivity index (χ2v) is 3.88. The van der Waals surface area contributed by atoms with Crippen LogP contribution in [0.2, 0.25) is 0 Å². The summed E-state index contributed by atoms with van der Waals surface area (Å²) in [6.45, 7) is 4.30. The quantitative estimate of drug-likeness (QED) is 0.728. The Balaban J connectivity index is 2.28. The first-order chi connectivity index (χ1) is 6.62. The molecule has 2 heterocycles. The molecule has 1 aromatic heterocycles. The van der Waals surface area contributed by atoms with Gasteiger partial charge in [-0.1, -0.05) is 0 Å². The molecule has 1 saturated heterocycles. The summed E-state index contributed by atoms with van der Waals surface area (Å²) in [6.07, 6.45) is 3.58. The summed E-state index contributed by atoms with van der Waals surface area (Å²) >= 11 is 0. The monoisotopic (exact) mass is 194 g/mol. The van der Waals surface area contributed by atoms with Gasteiger partial charge in [0.1, 0.15) is 17.1 Å². The zero-order valence-corrected chi connectivity index (χ0v) is 8.46. The number of rotatable bonds is 2. The van der Waals surface area contributed by atoms with E-state index in [1.54, 1.807) is 6.20 Å². The number of ether oxygens (including phenoxy) is 1. The molecule has 0 spiro atoms. The molecule has 14 heavy (non-hydrogen) atoms. The van der Waals surface area contributed by atoms with Crippen molar-refractivity contribution >= 4 is 5.78 Å². The predicted octanol–water partition coefficient (Wildman–Crippen LogP) is 1.64. The Labute approximate surface area is 82.7 Å². The standard InChI is InChI=1S/C10H14N2O2/c1-7(13)8-6-11-9(12-8)10(2)4-3-5-14-10/h6H,3-5H2,1-2H3,(H,11,12). The summed E-state index contributed by atoms with van der Waals surface area (Å²) in [5.41, 5.74) is 0.227. The number of ketones is 1. The van der Waals surface area contributed by atoms with E-state index in [1.807, 2.05) is 6.92 Å². The minimum Gasteiger partial charge on any atom is -0.367 e. The van der Waals surface area contributed by atoms with E-state index in [0.29, 0.717) is 5.69 Å². The molecule has 0 bridgehead atoms. The first-order valence-corrected chi connectivity index (χ1v) is 4.82. The number of carbonyl (C=O) groups excluding carboxylic acids is 1. The number of nitrogens with zero attached hydrogens (tertiary/aromatic N) is 1. The van der Waals surface area contributed by atoms with E-state index < -0.39 is 0 Å². The third kappa shape index (κ3) is 1.46. The van der Waals surface area contributed by atoms with Crippen LogP contribution in [0.3, 0.4) is 0 Å². The Hall–Kier alpha value is -1.16. The molecule has 2 rings (SSSR count). The number of H-pyrrole nitrogens is 1. The Morgan fingerprint density at radius 3 is 3.00 bits per heavy atom. The van der Waals surface area contributed by atoms with Gasteiger partial charge in [0.2, 0.25) is 0 Å². The highest BCUT2D eigenvalue weighted by atomic mass is 16.5. The van der Waals surface area contributed by atoms with Crippen LogP contribution in [-0.4, -0.2) is 22.4 Å². The van der Waals surface area contributed by atoms with Gasteiger partial charge in [-0.25, -0.2) is 4.98 Å². The fourth-order valence-electron chi connectivity index (χ4n) is 1.73. The Morgan fingerprint density at radius 1 is 1.71 bits per heavy atom. The first-order valence-electron chi connectivity index (χ1n) is 4.82. The molecule has 4 heteroatoms. The summed E-state index contributed by atoms with van der Waals surface area (Å²) in [5, 5.41) is 0. The largest absolute Gasteiger partial charge is 0.367 e. The maximum atomic E-state index is 11.1. The third-order valence-electron chi connectivity index (χ3n) is 2.67. The molecular weight excluding hydrogens is 180 g/mol. The zero-order valence-electron chi connectivity index (χ0n) is 8.46. The van der Waals surface area contributed by atoms with Gasteiger partial charge in [0, 0.05) is 13.5 Å². The van der Waals surface area contributed by atoms with Crippen LogP contribution in [0.4, 0.5) is 0 Å². The van der Waals surface area contributed by atoms with Crippen LogP contribution in [0.25, 0.3) is 0 Å². The van der Waals surface area contributed by atoms with Crippen LogP contribution in [0.5, 0.6) is 0 Å². The number of imidazole rings is 1. The number of aromatic nitrogens is 2. The minimum atomic E-state index is -0.326. The lowest BCUT2D eigenvalue weighted by Gasteiger charge is -2.19. The molecule has 1 N–H and O–H groups in total. The second kappa shape index (κ2) is 3.20. The number of aromatic amines is 1. The molecule has 1 fully saturated rings. The molecule has 1 aliphatic rings. The van der Waals surface area contributed by atoms with Gasteiger partial charge >= 0.3 is 0 Å². The summed E-state index contributed by atoms with van der Waals surface area (Å²) in [5.74, 6) is 0.769. The highest BCUT2D eigenvalue weighted by Crippen LogP contribution is 2.33. The fourth-order valence-corrected chi connectivity index (χ4v) is 1.73. The van der Waals surface area contributed by atoms with E-state index >= 15 is 0 Å². The van der Waals surface area contributed by atoms with Gasteiger partial charge in [-0.2, -0.15) is 0 Å². The Morgan fingerprint density at radius 2 is 2.50 bits per heavy atom. The molecular formula is C10H14N2O2. The molecule has 1 atom stereocenters. The molecule has 76 valence electrons. The average molecular weight is 194 g/mol. The lowest BCUT2D eigenvalue weighted by atomic mass is 10.0. The van der Waals surface area contributed by atoms with Crippen molar-refractivity contribution in [2.75, 3.05) is 6.61 Å². The van der Waals surface area contributed by atoms with E-state index in [-0.39, 0.29) is 11.4 Å². The van der Waals surface area contributed by atoms with Gasteiger partial charge in [-0.15, -0.1) is 0 Å². The SMILES string of the molecule is CC(=O)c1cnc(C2(C)CCCO2)[nH]1. The van der Waals surface area contributed by atoms with Crippen LogP contribution in [0.1, 0.15) is 43.0 Å². The zero-order chi connectivity index (χ0) is 10.2. The predicted molar refractivity (Wildman–Crippen MR) is 51.1 cm³/mol. The molecule has 0 radical (unpaired) electrons. The molecule has 1 unspecified atom stereocenters. The van der Waals surface area contributed by atoms with E-state index in [1.165, 1.54) is 6.92 Å². The molecule has 0 saturated carbocycles. The summed E-state index contributed by atoms with van der Waals surface area (Å²) in [4.78, 5) is 18.3. The second-order valence-electron chi connectivity index (χ2n) is 3.88. The van der Waals surface area contributed by atoms with Crippen molar-refractivity contribution in [2.24, 2.45) is 0 Å². The van der Waals surface area contributed by atoms with Crippen molar-refractivity contribution in [3.63, 3.8) is 0 Å². The van der Waals surface area contributed by atoms with Crippen molar-refractivity contribution in [3.05, 3.63) is 17.7 Å². The molecule has 1 aromatic rings. The number of Topliss-reactive ketones (excluding diaryl/α,β-unsaturated/α-hetero) is 1. The topological polar surface area (TPSA) is 55.0 Å². The fraction of sp³-hybridized carbons (Fsp3) is 0.600. The van der Waals surface area contributed by atoms with Crippen LogP contribution in [0.15, 0.2) is 6.20 Å². The number of hydrogen-bond donors (Lipinski definition) is 1. The van der Waals surface area contributed by atoms with Gasteiger partial charge in [0.05, 0.1) is 6.20 Å². The Kier molecular flexibility index (Phi) is 2.15. The number of carbonyl (C=O) groups is 1. The summed E-state index contributed by atoms with van der Waals surface area (Å²) in [6, 6.07) is 0. The van der Waals surface area contributed by atoms with E-state index in [2.05, 4.69) is 9.97 Å². The molecule has 0 aliphatic carbocycles. The summed E-state index contributed by atoms with van der Waals surface area (Å²) in [7, 11) is 0. The normalized spacial score (nSPS) is 26.7. The van der Waals surface area contributed by atoms with Crippen molar-refractivity contribution in [2.45, 2.75) is 32.3 Å². The first kappa shape index (κ1) is 9.40. The van der Waals surface area contributed by atoms with Crippen molar-refractivity contribution in [1.82, 2.24) is 9.97 Å². The lowest BCUT2D eigenvalue weighted by Crippen LogP contribution is -2.21. The van der Waals surface area contributed by atoms with E-state index in [0.717, 1.165) is 25.3 Å². The number of nitrogens with one attached hydrogen (secondary N) is 1. The van der Waals surface area contributed by atoms with Crippen LogP contribution in [-0.2, 0) is 10.3 Å². The molecule has 4 nitrogen and oxygen atoms in total. The summed E-state index contributed by atoms with van der Waals surface area (Å²) < 4.78 is 5.61. The van der Waals surface area contributed by atoms with Crippen LogP contribution >= 0.6 is 0 Å². The smallest absolute Gasteiger partial charge is 0.177 e. The van der Waals surface area contributed by atoms with Crippen molar-refractivity contribution in [3.8, 4) is 0 Å². The third-order valence-corrected chi connectivity index (χ3v) is 2.67. The maximum absolute atomic E-state index is 11.1. The van der Waals surface area contributed by atoms with Gasteiger partial charge in [-0.3, -0.25) is 4.79 Å². The lowest BCUT2D eigenvalue weighted by molar-refractivity contribution is 0.00998. The number of hydrogen-bond acceptors (Lipinski definition) is 3. The van der Waals surface area contributed by atoms with E-state index in [4.69, 9.17) is 4.74 Å². The highest BCUT2D eigenvalue weighted by molar-refractivity contribution is 5.91. The van der Waals surface area contributed by atoms with E-state index in [9.17, 15) is 4.79 Å². The average Bonchev–Trinajstić information content (AvgIpc) is 2.71. The van der Waals surface area contributed by atoms with Crippen LogP contribution < -0.4 is 0 Å². The maximum Gasteiger partial charge on any atom is 0.177 e. The molecule has 0 aromatic carbocycles. The minimum absolute atomic E-state index is 0.00495. The van der Waals surface area contributed by atoms with Gasteiger partial charge in [0.15, 0.2) is 5.78 Å². The van der Waals surface area contributed by atoms with Gasteiger partial charge in [-0.05, 0) is 19.8 Å². The highest BCUT2D eigenvalue weighted by Gasteiger charge is 2.34. The Bertz CT molecular complexity index is 351. The molecule has 0 amide bonds. The van der Waals surface area contributed by atoms with Crippen molar-refractivity contribution < 1.29 is 9.53 Å². The van der Waals surface area contributed by atoms with Gasteiger partial charge in [0.25, 0.3) is 0 Å². The molecule has 1 aliphatic heterocycles. The van der Waals surface area contributed by atoms with Crippen molar-refractivity contribution in [1.29, 1.82) is 0 Å².